The van der Waals surface area contributed by atoms with Crippen molar-refractivity contribution in [3.05, 3.63) is 115 Å². The maximum absolute atomic E-state index is 4.94. The van der Waals surface area contributed by atoms with E-state index in [-0.39, 0.29) is 7.92 Å². The van der Waals surface area contributed by atoms with Crippen molar-refractivity contribution in [3.63, 3.8) is 0 Å². The zero-order valence-electron chi connectivity index (χ0n) is 19.3. The van der Waals surface area contributed by atoms with Gasteiger partial charge in [0.15, 0.2) is 0 Å². The van der Waals surface area contributed by atoms with Gasteiger partial charge in [-0.1, -0.05) is 98.8 Å². The number of pyridine rings is 1. The predicted molar refractivity (Wildman–Crippen MR) is 148 cm³/mol. The van der Waals surface area contributed by atoms with Crippen LogP contribution in [0.4, 0.5) is 5.69 Å². The standard InChI is InChI=1S/C29H30N2P2/c1-3-32(4-2)23-25-15-13-14-24(31-25)22-30-28-20-11-12-21-29(28)33(26-16-7-5-8-17-26)27-18-9-6-10-19-27/h5-22H,3-4,23H2,1-2H3/b30-22+. The van der Waals surface area contributed by atoms with E-state index in [2.05, 4.69) is 111 Å². The first-order chi connectivity index (χ1) is 16.3. The summed E-state index contributed by atoms with van der Waals surface area (Å²) in [5.74, 6) is 0. The van der Waals surface area contributed by atoms with Gasteiger partial charge in [-0.15, -0.1) is 7.92 Å². The van der Waals surface area contributed by atoms with E-state index in [4.69, 9.17) is 9.98 Å². The van der Waals surface area contributed by atoms with Crippen molar-refractivity contribution in [2.24, 2.45) is 4.99 Å². The highest BCUT2D eigenvalue weighted by Gasteiger charge is 2.18. The molecule has 1 aromatic heterocycles. The first kappa shape index (κ1) is 23.5. The fourth-order valence-electron chi connectivity index (χ4n) is 3.81. The molecular weight excluding hydrogens is 438 g/mol. The number of aliphatic imine (C=N–C) groups is 1. The molecule has 0 saturated carbocycles. The Balaban J connectivity index is 1.68. The van der Waals surface area contributed by atoms with Gasteiger partial charge in [0.05, 0.1) is 17.6 Å². The molecule has 0 amide bonds. The summed E-state index contributed by atoms with van der Waals surface area (Å²) in [6, 6.07) is 36.4. The van der Waals surface area contributed by atoms with Crippen molar-refractivity contribution in [3.8, 4) is 0 Å². The maximum atomic E-state index is 4.94. The van der Waals surface area contributed by atoms with Gasteiger partial charge in [-0.25, -0.2) is 0 Å². The Hall–Kier alpha value is -2.66. The third-order valence-corrected chi connectivity index (χ3v) is 10.6. The summed E-state index contributed by atoms with van der Waals surface area (Å²) in [5, 5.41) is 3.92. The van der Waals surface area contributed by atoms with Crippen LogP contribution in [-0.2, 0) is 6.16 Å². The molecule has 166 valence electrons. The monoisotopic (exact) mass is 468 g/mol. The number of rotatable bonds is 9. The summed E-state index contributed by atoms with van der Waals surface area (Å²) in [4.78, 5) is 9.83. The zero-order chi connectivity index (χ0) is 22.9. The van der Waals surface area contributed by atoms with Gasteiger partial charge in [0.25, 0.3) is 0 Å². The van der Waals surface area contributed by atoms with Crippen LogP contribution in [-0.4, -0.2) is 23.5 Å². The normalized spacial score (nSPS) is 11.5. The largest absolute Gasteiger partial charge is 0.254 e. The van der Waals surface area contributed by atoms with Crippen LogP contribution in [0.3, 0.4) is 0 Å². The summed E-state index contributed by atoms with van der Waals surface area (Å²) < 4.78 is 0. The lowest BCUT2D eigenvalue weighted by atomic mass is 10.3. The number of hydrogen-bond donors (Lipinski definition) is 0. The molecule has 33 heavy (non-hydrogen) atoms. The average Bonchev–Trinajstić information content (AvgIpc) is 2.88. The predicted octanol–water partition coefficient (Wildman–Crippen LogP) is 6.61. The van der Waals surface area contributed by atoms with Crippen molar-refractivity contribution in [2.45, 2.75) is 20.0 Å². The van der Waals surface area contributed by atoms with Crippen molar-refractivity contribution < 1.29 is 0 Å². The van der Waals surface area contributed by atoms with Gasteiger partial charge in [0.2, 0.25) is 0 Å². The van der Waals surface area contributed by atoms with Crippen LogP contribution in [0.1, 0.15) is 25.2 Å². The van der Waals surface area contributed by atoms with E-state index in [1.165, 1.54) is 33.9 Å². The Morgan fingerprint density at radius 2 is 1.30 bits per heavy atom. The van der Waals surface area contributed by atoms with Gasteiger partial charge in [0.1, 0.15) is 0 Å². The van der Waals surface area contributed by atoms with Crippen LogP contribution in [0.15, 0.2) is 108 Å². The average molecular weight is 469 g/mol. The van der Waals surface area contributed by atoms with E-state index >= 15 is 0 Å². The van der Waals surface area contributed by atoms with Gasteiger partial charge < -0.3 is 0 Å². The van der Waals surface area contributed by atoms with Gasteiger partial charge in [-0.2, -0.15) is 0 Å². The molecule has 0 radical (unpaired) electrons. The first-order valence-electron chi connectivity index (χ1n) is 11.5. The van der Waals surface area contributed by atoms with Gasteiger partial charge in [-0.3, -0.25) is 9.98 Å². The smallest absolute Gasteiger partial charge is 0.0816 e. The summed E-state index contributed by atoms with van der Waals surface area (Å²) >= 11 is 0. The van der Waals surface area contributed by atoms with Gasteiger partial charge in [-0.05, 0) is 49.1 Å². The van der Waals surface area contributed by atoms with E-state index in [0.29, 0.717) is 0 Å². The Kier molecular flexibility index (Phi) is 8.53. The molecule has 4 aromatic rings. The van der Waals surface area contributed by atoms with Crippen LogP contribution in [0.2, 0.25) is 0 Å². The molecule has 0 unspecified atom stereocenters. The number of hydrogen-bond acceptors (Lipinski definition) is 2. The Morgan fingerprint density at radius 3 is 1.94 bits per heavy atom. The number of nitrogens with zero attached hydrogens (tertiary/aromatic N) is 2. The molecule has 0 bridgehead atoms. The summed E-state index contributed by atoms with van der Waals surface area (Å²) in [6.45, 7) is 4.57. The quantitative estimate of drug-likeness (QED) is 0.200. The fourth-order valence-corrected chi connectivity index (χ4v) is 7.73. The van der Waals surface area contributed by atoms with E-state index in [1.54, 1.807) is 0 Å². The molecule has 2 nitrogen and oxygen atoms in total. The Bertz CT molecular complexity index is 1130. The molecule has 0 aliphatic heterocycles. The van der Waals surface area contributed by atoms with E-state index < -0.39 is 7.92 Å². The lowest BCUT2D eigenvalue weighted by molar-refractivity contribution is 1.14. The minimum Gasteiger partial charge on any atom is -0.254 e. The second-order valence-electron chi connectivity index (χ2n) is 7.77. The molecule has 0 aliphatic carbocycles. The third kappa shape index (κ3) is 6.23. The van der Waals surface area contributed by atoms with Crippen LogP contribution in [0.5, 0.6) is 0 Å². The molecule has 0 fully saturated rings. The minimum atomic E-state index is -0.701. The molecule has 0 N–H and O–H groups in total. The van der Waals surface area contributed by atoms with Crippen LogP contribution >= 0.6 is 15.8 Å². The van der Waals surface area contributed by atoms with Crippen LogP contribution < -0.4 is 15.9 Å². The second-order valence-corrected chi connectivity index (χ2v) is 12.9. The number of para-hydroxylation sites is 1. The van der Waals surface area contributed by atoms with Crippen molar-refractivity contribution in [1.29, 1.82) is 0 Å². The highest BCUT2D eigenvalue weighted by atomic mass is 31.1. The molecular formula is C29H30N2P2. The van der Waals surface area contributed by atoms with E-state index in [0.717, 1.165) is 17.5 Å². The summed E-state index contributed by atoms with van der Waals surface area (Å²) in [5.41, 5.74) is 3.11. The minimum absolute atomic E-state index is 0.0322. The van der Waals surface area contributed by atoms with Crippen LogP contribution in [0.25, 0.3) is 0 Å². The third-order valence-electron chi connectivity index (χ3n) is 5.60. The Labute approximate surface area is 200 Å². The molecule has 3 aromatic carbocycles. The number of aromatic nitrogens is 1. The first-order valence-corrected chi connectivity index (χ1v) is 14.7. The second kappa shape index (κ2) is 12.0. The van der Waals surface area contributed by atoms with Crippen LogP contribution in [0, 0.1) is 0 Å². The van der Waals surface area contributed by atoms with Crippen molar-refractivity contribution in [2.75, 3.05) is 12.3 Å². The summed E-state index contributed by atoms with van der Waals surface area (Å²) in [6.07, 6.45) is 5.52. The molecule has 4 heteroatoms. The van der Waals surface area contributed by atoms with Gasteiger partial charge in [0, 0.05) is 17.2 Å². The Morgan fingerprint density at radius 1 is 0.697 bits per heavy atom. The van der Waals surface area contributed by atoms with E-state index in [1.807, 2.05) is 12.3 Å². The number of benzene rings is 3. The highest BCUT2D eigenvalue weighted by molar-refractivity contribution is 7.80. The van der Waals surface area contributed by atoms with E-state index in [9.17, 15) is 0 Å². The van der Waals surface area contributed by atoms with Crippen molar-refractivity contribution >= 4 is 43.7 Å². The zero-order valence-corrected chi connectivity index (χ0v) is 21.1. The van der Waals surface area contributed by atoms with Gasteiger partial charge >= 0.3 is 0 Å². The molecule has 0 atom stereocenters. The summed E-state index contributed by atoms with van der Waals surface area (Å²) in [7, 11) is -0.669. The highest BCUT2D eigenvalue weighted by Crippen LogP contribution is 2.38. The maximum Gasteiger partial charge on any atom is 0.0816 e. The molecule has 0 aliphatic rings. The molecule has 0 saturated heterocycles. The lowest BCUT2D eigenvalue weighted by Gasteiger charge is -2.20. The topological polar surface area (TPSA) is 25.2 Å². The fraction of sp³-hybridized carbons (Fsp3) is 0.172. The molecule has 4 rings (SSSR count). The van der Waals surface area contributed by atoms with Crippen molar-refractivity contribution in [1.82, 2.24) is 4.98 Å². The molecule has 1 heterocycles. The molecule has 0 spiro atoms. The lowest BCUT2D eigenvalue weighted by Crippen LogP contribution is -2.20. The SMILES string of the molecule is CCP(CC)Cc1cccc(/C=N/c2ccccc2P(c2ccccc2)c2ccccc2)n1.